The Labute approximate surface area is 225 Å². The highest BCUT2D eigenvalue weighted by Crippen LogP contribution is 2.49. The van der Waals surface area contributed by atoms with E-state index >= 15 is 0 Å². The molecule has 0 saturated heterocycles. The fourth-order valence-electron chi connectivity index (χ4n) is 6.32. The van der Waals surface area contributed by atoms with Crippen LogP contribution in [0, 0.1) is 11.6 Å². The Kier molecular flexibility index (Phi) is 5.85. The number of nitrogens with zero attached hydrogens (tertiary/aromatic N) is 1. The van der Waals surface area contributed by atoms with Crippen LogP contribution in [0.3, 0.4) is 0 Å². The zero-order valence-electron chi connectivity index (χ0n) is 21.6. The molecular formula is C33H28F2N2O2. The summed E-state index contributed by atoms with van der Waals surface area (Å²) in [4.78, 5) is 6.23. The average molecular weight is 523 g/mol. The van der Waals surface area contributed by atoms with Gasteiger partial charge in [-0.1, -0.05) is 42.5 Å². The van der Waals surface area contributed by atoms with E-state index in [1.807, 2.05) is 12.1 Å². The summed E-state index contributed by atoms with van der Waals surface area (Å²) in [6, 6.07) is 26.0. The monoisotopic (exact) mass is 522 g/mol. The van der Waals surface area contributed by atoms with Crippen molar-refractivity contribution in [2.75, 3.05) is 13.7 Å². The molecule has 0 aliphatic carbocycles. The largest absolute Gasteiger partial charge is 0.493 e. The lowest BCUT2D eigenvalue weighted by Gasteiger charge is -2.46. The lowest BCUT2D eigenvalue weighted by atomic mass is 9.80. The molecule has 1 N–H and O–H groups in total. The number of H-pyrrole nitrogens is 1. The van der Waals surface area contributed by atoms with Crippen molar-refractivity contribution in [1.82, 2.24) is 9.88 Å². The second-order valence-electron chi connectivity index (χ2n) is 10.3. The van der Waals surface area contributed by atoms with Gasteiger partial charge in [0.1, 0.15) is 18.2 Å². The van der Waals surface area contributed by atoms with Crippen LogP contribution in [0.2, 0.25) is 0 Å². The number of benzene rings is 4. The molecule has 2 aliphatic rings. The number of halogens is 2. The Bertz CT molecular complexity index is 1660. The van der Waals surface area contributed by atoms with Gasteiger partial charge in [0.05, 0.1) is 13.2 Å². The summed E-state index contributed by atoms with van der Waals surface area (Å²) in [5.74, 6) is 0.866. The zero-order chi connectivity index (χ0) is 26.5. The maximum atomic E-state index is 13.9. The smallest absolute Gasteiger partial charge is 0.162 e. The number of nitrogens with one attached hydrogen (secondary N) is 1. The van der Waals surface area contributed by atoms with Crippen LogP contribution in [0.1, 0.15) is 45.6 Å². The first kappa shape index (κ1) is 23.9. The van der Waals surface area contributed by atoms with Crippen molar-refractivity contribution in [2.24, 2.45) is 0 Å². The molecule has 0 amide bonds. The van der Waals surface area contributed by atoms with Gasteiger partial charge in [-0.2, -0.15) is 0 Å². The van der Waals surface area contributed by atoms with Gasteiger partial charge in [0.25, 0.3) is 0 Å². The number of rotatable bonds is 5. The van der Waals surface area contributed by atoms with Gasteiger partial charge in [0, 0.05) is 29.2 Å². The first-order valence-corrected chi connectivity index (χ1v) is 13.3. The molecule has 39 heavy (non-hydrogen) atoms. The highest BCUT2D eigenvalue weighted by Gasteiger charge is 2.41. The van der Waals surface area contributed by atoms with E-state index in [0.29, 0.717) is 18.1 Å². The summed E-state index contributed by atoms with van der Waals surface area (Å²) in [7, 11) is 1.66. The normalized spacial score (nSPS) is 18.3. The molecule has 0 fully saturated rings. The van der Waals surface area contributed by atoms with Crippen LogP contribution in [-0.4, -0.2) is 23.5 Å². The fourth-order valence-corrected chi connectivity index (χ4v) is 6.32. The summed E-state index contributed by atoms with van der Waals surface area (Å²) >= 11 is 0. The molecule has 0 bridgehead atoms. The van der Waals surface area contributed by atoms with Gasteiger partial charge in [0.15, 0.2) is 11.5 Å². The van der Waals surface area contributed by atoms with E-state index in [-0.39, 0.29) is 23.7 Å². The summed E-state index contributed by atoms with van der Waals surface area (Å²) < 4.78 is 39.2. The maximum absolute atomic E-state index is 13.9. The Hall–Kier alpha value is -4.16. The molecule has 4 nitrogen and oxygen atoms in total. The first-order valence-electron chi connectivity index (χ1n) is 13.3. The highest BCUT2D eigenvalue weighted by molar-refractivity contribution is 5.85. The van der Waals surface area contributed by atoms with Crippen molar-refractivity contribution >= 4 is 10.9 Å². The van der Waals surface area contributed by atoms with Crippen LogP contribution in [0.25, 0.3) is 10.9 Å². The van der Waals surface area contributed by atoms with Gasteiger partial charge in [-0.05, 0) is 83.1 Å². The predicted octanol–water partition coefficient (Wildman–Crippen LogP) is 7.28. The van der Waals surface area contributed by atoms with Gasteiger partial charge in [-0.3, -0.25) is 4.90 Å². The molecule has 6 heteroatoms. The standard InChI is InChI=1S/C33H28F2N2O2/c1-38-30-16-22-14-15-37-29(26(22)18-31(30)39-19-20-6-10-23(34)11-7-20)17-27-25-4-2-3-5-28(25)36-32(27)33(37)21-8-12-24(35)13-9-21/h2-13,16,18,29,33,36H,14-15,17,19H2,1H3. The van der Waals surface area contributed by atoms with Crippen molar-refractivity contribution in [3.8, 4) is 11.5 Å². The van der Waals surface area contributed by atoms with E-state index in [0.717, 1.165) is 36.0 Å². The molecule has 7 rings (SSSR count). The third-order valence-electron chi connectivity index (χ3n) is 8.17. The molecule has 0 spiro atoms. The lowest BCUT2D eigenvalue weighted by molar-refractivity contribution is 0.127. The topological polar surface area (TPSA) is 37.5 Å². The molecule has 3 heterocycles. The summed E-state index contributed by atoms with van der Waals surface area (Å²) in [5, 5.41) is 1.23. The van der Waals surface area contributed by atoms with Crippen LogP contribution in [0.4, 0.5) is 8.78 Å². The van der Waals surface area contributed by atoms with Crippen molar-refractivity contribution in [3.63, 3.8) is 0 Å². The summed E-state index contributed by atoms with van der Waals surface area (Å²) in [5.41, 5.74) is 8.03. The van der Waals surface area contributed by atoms with Gasteiger partial charge < -0.3 is 14.5 Å². The molecule has 2 unspecified atom stereocenters. The molecule has 4 aromatic carbocycles. The maximum Gasteiger partial charge on any atom is 0.162 e. The minimum Gasteiger partial charge on any atom is -0.493 e. The third kappa shape index (κ3) is 4.16. The zero-order valence-corrected chi connectivity index (χ0v) is 21.6. The van der Waals surface area contributed by atoms with E-state index in [1.54, 1.807) is 31.4 Å². The van der Waals surface area contributed by atoms with Gasteiger partial charge in [0.2, 0.25) is 0 Å². The van der Waals surface area contributed by atoms with Crippen LogP contribution in [0.15, 0.2) is 84.9 Å². The van der Waals surface area contributed by atoms with Crippen LogP contribution in [0.5, 0.6) is 11.5 Å². The number of fused-ring (bicyclic) bond motifs is 6. The van der Waals surface area contributed by atoms with Gasteiger partial charge in [-0.25, -0.2) is 8.78 Å². The second kappa shape index (κ2) is 9.54. The van der Waals surface area contributed by atoms with E-state index in [9.17, 15) is 8.78 Å². The van der Waals surface area contributed by atoms with Crippen molar-refractivity contribution in [2.45, 2.75) is 31.5 Å². The number of ether oxygens (including phenoxy) is 2. The van der Waals surface area contributed by atoms with Crippen LogP contribution < -0.4 is 9.47 Å². The molecule has 196 valence electrons. The van der Waals surface area contributed by atoms with Gasteiger partial charge in [-0.15, -0.1) is 0 Å². The molecule has 5 aromatic rings. The quantitative estimate of drug-likeness (QED) is 0.264. The average Bonchev–Trinajstić information content (AvgIpc) is 3.34. The molecule has 2 atom stereocenters. The first-order chi connectivity index (χ1) is 19.1. The molecule has 0 saturated carbocycles. The molecule has 2 aliphatic heterocycles. The Balaban J connectivity index is 1.32. The van der Waals surface area contributed by atoms with Crippen molar-refractivity contribution in [3.05, 3.63) is 130 Å². The minimum atomic E-state index is -0.269. The predicted molar refractivity (Wildman–Crippen MR) is 147 cm³/mol. The Morgan fingerprint density at radius 1 is 0.897 bits per heavy atom. The summed E-state index contributed by atoms with van der Waals surface area (Å²) in [6.07, 6.45) is 1.72. The third-order valence-corrected chi connectivity index (χ3v) is 8.17. The number of hydrogen-bond donors (Lipinski definition) is 1. The second-order valence-corrected chi connectivity index (χ2v) is 10.3. The Morgan fingerprint density at radius 3 is 2.41 bits per heavy atom. The van der Waals surface area contributed by atoms with E-state index in [4.69, 9.17) is 9.47 Å². The fraction of sp³-hybridized carbons (Fsp3) is 0.212. The number of methoxy groups -OCH3 is 1. The molecular weight excluding hydrogens is 494 g/mol. The number of hydrogen-bond acceptors (Lipinski definition) is 3. The van der Waals surface area contributed by atoms with E-state index < -0.39 is 0 Å². The minimum absolute atomic E-state index is 0.0226. The summed E-state index contributed by atoms with van der Waals surface area (Å²) in [6.45, 7) is 1.18. The Morgan fingerprint density at radius 2 is 1.64 bits per heavy atom. The van der Waals surface area contributed by atoms with Crippen LogP contribution >= 0.6 is 0 Å². The lowest BCUT2D eigenvalue weighted by Crippen LogP contribution is -2.43. The number of para-hydroxylation sites is 1. The van der Waals surface area contributed by atoms with Crippen LogP contribution in [-0.2, 0) is 19.4 Å². The van der Waals surface area contributed by atoms with E-state index in [2.05, 4.69) is 46.3 Å². The van der Waals surface area contributed by atoms with Gasteiger partial charge >= 0.3 is 0 Å². The van der Waals surface area contributed by atoms with Crippen molar-refractivity contribution < 1.29 is 18.3 Å². The SMILES string of the molecule is COc1cc2c(cc1OCc1ccc(F)cc1)C1Cc3c([nH]c4ccccc34)C(c3ccc(F)cc3)N1CC2. The number of aromatic nitrogens is 1. The molecule has 1 aromatic heterocycles. The van der Waals surface area contributed by atoms with E-state index in [1.165, 1.54) is 39.9 Å². The number of aromatic amines is 1. The highest BCUT2D eigenvalue weighted by atomic mass is 19.1. The molecule has 0 radical (unpaired) electrons. The van der Waals surface area contributed by atoms with Crippen molar-refractivity contribution in [1.29, 1.82) is 0 Å².